The number of carbonyl (C=O) groups is 2. The molecule has 4 saturated carbocycles. The Kier molecular flexibility index (Phi) is 5.78. The van der Waals surface area contributed by atoms with Gasteiger partial charge in [0.25, 0.3) is 0 Å². The van der Waals surface area contributed by atoms with Crippen molar-refractivity contribution in [3.8, 4) is 0 Å². The van der Waals surface area contributed by atoms with Crippen LogP contribution in [0, 0.1) is 23.2 Å². The van der Waals surface area contributed by atoms with Gasteiger partial charge < -0.3 is 15.1 Å². The van der Waals surface area contributed by atoms with E-state index in [0.717, 1.165) is 19.3 Å². The van der Waals surface area contributed by atoms with Gasteiger partial charge in [0.15, 0.2) is 0 Å². The summed E-state index contributed by atoms with van der Waals surface area (Å²) in [6, 6.07) is 9.38. The van der Waals surface area contributed by atoms with Gasteiger partial charge in [-0.3, -0.25) is 9.59 Å². The van der Waals surface area contributed by atoms with Crippen LogP contribution >= 0.6 is 0 Å². The second-order valence-electron chi connectivity index (χ2n) is 9.86. The van der Waals surface area contributed by atoms with Gasteiger partial charge in [0, 0.05) is 11.1 Å². The molecule has 9 heteroatoms. The van der Waals surface area contributed by atoms with E-state index in [0.29, 0.717) is 29.2 Å². The summed E-state index contributed by atoms with van der Waals surface area (Å²) >= 11 is 0. The van der Waals surface area contributed by atoms with Gasteiger partial charge in [-0.2, -0.15) is 0 Å². The zero-order valence-corrected chi connectivity index (χ0v) is 19.2. The number of hydrogen-bond acceptors (Lipinski definition) is 5. The Morgan fingerprint density at radius 1 is 1.00 bits per heavy atom. The molecule has 4 fully saturated rings. The molecule has 0 radical (unpaired) electrons. The van der Waals surface area contributed by atoms with Crippen LogP contribution in [-0.2, 0) is 26.2 Å². The van der Waals surface area contributed by atoms with Crippen LogP contribution in [0.5, 0.6) is 0 Å². The zero-order valence-electron chi connectivity index (χ0n) is 18.4. The first-order valence-corrected chi connectivity index (χ1v) is 13.0. The van der Waals surface area contributed by atoms with Crippen LogP contribution in [0.15, 0.2) is 52.0 Å². The van der Waals surface area contributed by atoms with E-state index in [1.54, 1.807) is 24.3 Å². The number of carbonyl (C=O) groups excluding carboxylic acids is 2. The van der Waals surface area contributed by atoms with E-state index in [4.69, 9.17) is 4.42 Å². The number of rotatable bonds is 8. The topological polar surface area (TPSA) is 118 Å². The third kappa shape index (κ3) is 4.70. The predicted octanol–water partition coefficient (Wildman–Crippen LogP) is 3.03. The van der Waals surface area contributed by atoms with Gasteiger partial charge in [0.05, 0.1) is 24.2 Å². The average Bonchev–Trinajstić information content (AvgIpc) is 3.29. The number of furan rings is 1. The summed E-state index contributed by atoms with van der Waals surface area (Å²) in [5, 5.41) is 5.54. The minimum absolute atomic E-state index is 0.00444. The number of hydrogen-bond donors (Lipinski definition) is 3. The van der Waals surface area contributed by atoms with Crippen LogP contribution in [-0.4, -0.2) is 26.8 Å². The van der Waals surface area contributed by atoms with Crippen molar-refractivity contribution in [3.63, 3.8) is 0 Å². The molecule has 0 spiro atoms. The fourth-order valence-corrected chi connectivity index (χ4v) is 7.38. The Morgan fingerprint density at radius 3 is 2.33 bits per heavy atom. The predicted molar refractivity (Wildman–Crippen MR) is 121 cm³/mol. The largest absolute Gasteiger partial charge is 0.468 e. The van der Waals surface area contributed by atoms with Crippen molar-refractivity contribution in [2.24, 2.45) is 23.2 Å². The van der Waals surface area contributed by atoms with Crippen molar-refractivity contribution in [1.82, 2.24) is 10.0 Å². The first-order valence-electron chi connectivity index (χ1n) is 11.5. The van der Waals surface area contributed by atoms with Crippen molar-refractivity contribution >= 4 is 27.5 Å². The highest BCUT2D eigenvalue weighted by Crippen LogP contribution is 2.60. The smallest absolute Gasteiger partial charge is 0.243 e. The van der Waals surface area contributed by atoms with Crippen LogP contribution in [0.3, 0.4) is 0 Å². The number of benzene rings is 1. The molecule has 6 rings (SSSR count). The molecule has 3 N–H and O–H groups in total. The molecule has 1 aromatic carbocycles. The van der Waals surface area contributed by atoms with E-state index in [-0.39, 0.29) is 35.2 Å². The molecule has 2 amide bonds. The van der Waals surface area contributed by atoms with Gasteiger partial charge in [-0.15, -0.1) is 0 Å². The molecular weight excluding hydrogens is 442 g/mol. The van der Waals surface area contributed by atoms with Crippen LogP contribution in [0.4, 0.5) is 5.69 Å². The lowest BCUT2D eigenvalue weighted by atomic mass is 9.49. The summed E-state index contributed by atoms with van der Waals surface area (Å²) in [4.78, 5) is 25.5. The van der Waals surface area contributed by atoms with E-state index in [1.807, 2.05) is 0 Å². The highest BCUT2D eigenvalue weighted by Gasteiger charge is 2.54. The quantitative estimate of drug-likeness (QED) is 0.547. The molecule has 2 aromatic rings. The highest BCUT2D eigenvalue weighted by atomic mass is 32.2. The summed E-state index contributed by atoms with van der Waals surface area (Å²) < 4.78 is 32.7. The lowest BCUT2D eigenvalue weighted by Crippen LogP contribution is -2.54. The lowest BCUT2D eigenvalue weighted by molar-refractivity contribution is -0.146. The minimum atomic E-state index is -3.78. The minimum Gasteiger partial charge on any atom is -0.468 e. The molecule has 176 valence electrons. The molecule has 0 aliphatic heterocycles. The van der Waals surface area contributed by atoms with Crippen molar-refractivity contribution in [2.75, 3.05) is 11.9 Å². The normalized spacial score (nSPS) is 27.9. The third-order valence-electron chi connectivity index (χ3n) is 7.37. The average molecular weight is 472 g/mol. The number of nitrogens with one attached hydrogen (secondary N) is 3. The standard InChI is InChI=1S/C24H29N3O5S/c28-22(15-25-23(29)24-11-16-7-17(12-24)9-18(8-16)13-24)27-19-3-1-5-21(10-19)33(30,31)26-14-20-4-2-6-32-20/h1-6,10,16-18,26H,7-9,11-15H2,(H,25,29)(H,27,28). The molecule has 33 heavy (non-hydrogen) atoms. The van der Waals surface area contributed by atoms with Crippen molar-refractivity contribution in [2.45, 2.75) is 50.0 Å². The molecular formula is C24H29N3O5S. The molecule has 4 aliphatic carbocycles. The first kappa shape index (κ1) is 22.2. The van der Waals surface area contributed by atoms with E-state index in [9.17, 15) is 18.0 Å². The van der Waals surface area contributed by atoms with E-state index >= 15 is 0 Å². The van der Waals surface area contributed by atoms with Crippen molar-refractivity contribution < 1.29 is 22.4 Å². The van der Waals surface area contributed by atoms with E-state index in [2.05, 4.69) is 15.4 Å². The van der Waals surface area contributed by atoms with Gasteiger partial charge in [-0.25, -0.2) is 13.1 Å². The van der Waals surface area contributed by atoms with Crippen LogP contribution in [0.25, 0.3) is 0 Å². The molecule has 1 aromatic heterocycles. The Hall–Kier alpha value is -2.65. The Balaban J connectivity index is 1.16. The Labute approximate surface area is 193 Å². The molecule has 0 unspecified atom stereocenters. The van der Waals surface area contributed by atoms with Gasteiger partial charge >= 0.3 is 0 Å². The molecule has 4 bridgehead atoms. The maximum atomic E-state index is 13.0. The summed E-state index contributed by atoms with van der Waals surface area (Å²) in [7, 11) is -3.78. The van der Waals surface area contributed by atoms with Gasteiger partial charge in [0.2, 0.25) is 21.8 Å². The Morgan fingerprint density at radius 2 is 1.70 bits per heavy atom. The third-order valence-corrected chi connectivity index (χ3v) is 8.77. The lowest BCUT2D eigenvalue weighted by Gasteiger charge is -2.55. The Bertz CT molecular complexity index is 1110. The van der Waals surface area contributed by atoms with E-state index < -0.39 is 10.0 Å². The van der Waals surface area contributed by atoms with Gasteiger partial charge in [-0.1, -0.05) is 6.07 Å². The first-order chi connectivity index (χ1) is 15.8. The molecule has 0 saturated heterocycles. The summed E-state index contributed by atoms with van der Waals surface area (Å²) in [6.07, 6.45) is 8.06. The fourth-order valence-electron chi connectivity index (χ4n) is 6.35. The summed E-state index contributed by atoms with van der Waals surface area (Å²) in [5.74, 6) is 2.07. The molecule has 1 heterocycles. The number of amides is 2. The zero-order chi connectivity index (χ0) is 23.1. The molecule has 4 aliphatic rings. The SMILES string of the molecule is O=C(CNC(=O)C12CC3CC(CC(C3)C1)C2)Nc1cccc(S(=O)(=O)NCc2ccco2)c1. The second-order valence-corrected chi connectivity index (χ2v) is 11.6. The fraction of sp³-hybridized carbons (Fsp3) is 0.500. The summed E-state index contributed by atoms with van der Waals surface area (Å²) in [5.41, 5.74) is 0.0489. The summed E-state index contributed by atoms with van der Waals surface area (Å²) in [6.45, 7) is -0.101. The van der Waals surface area contributed by atoms with Gasteiger partial charge in [0.1, 0.15) is 5.76 Å². The van der Waals surface area contributed by atoms with Crippen molar-refractivity contribution in [1.29, 1.82) is 0 Å². The van der Waals surface area contributed by atoms with E-state index in [1.165, 1.54) is 37.7 Å². The van der Waals surface area contributed by atoms with Crippen molar-refractivity contribution in [3.05, 3.63) is 48.4 Å². The number of anilines is 1. The van der Waals surface area contributed by atoms with Crippen LogP contribution in [0.1, 0.15) is 44.3 Å². The highest BCUT2D eigenvalue weighted by molar-refractivity contribution is 7.89. The van der Waals surface area contributed by atoms with Crippen LogP contribution < -0.4 is 15.4 Å². The maximum absolute atomic E-state index is 13.0. The molecule has 0 atom stereocenters. The molecule has 8 nitrogen and oxygen atoms in total. The number of sulfonamides is 1. The van der Waals surface area contributed by atoms with Crippen LogP contribution in [0.2, 0.25) is 0 Å². The monoisotopic (exact) mass is 471 g/mol. The maximum Gasteiger partial charge on any atom is 0.243 e. The second kappa shape index (κ2) is 8.61. The van der Waals surface area contributed by atoms with Gasteiger partial charge in [-0.05, 0) is 86.6 Å².